The number of aromatic nitrogens is 2. The maximum atomic E-state index is 14.2. The summed E-state index contributed by atoms with van der Waals surface area (Å²) in [6.45, 7) is 0.547. The molecule has 1 atom stereocenters. The summed E-state index contributed by atoms with van der Waals surface area (Å²) in [7, 11) is 1.39. The number of amides is 3. The van der Waals surface area contributed by atoms with E-state index in [0.717, 1.165) is 53.5 Å². The van der Waals surface area contributed by atoms with E-state index in [-0.39, 0.29) is 45.7 Å². The third-order valence-electron chi connectivity index (χ3n) is 10.9. The molecule has 4 aliphatic rings. The maximum Gasteiger partial charge on any atom is 0.335 e. The Morgan fingerprint density at radius 1 is 0.860 bits per heavy atom. The summed E-state index contributed by atoms with van der Waals surface area (Å²) in [5.74, 6) is -2.20. The van der Waals surface area contributed by atoms with Gasteiger partial charge in [0.05, 0.1) is 39.6 Å². The molecule has 3 amide bonds. The van der Waals surface area contributed by atoms with Crippen molar-refractivity contribution in [1.29, 1.82) is 0 Å². The first-order valence-corrected chi connectivity index (χ1v) is 17.0. The highest BCUT2D eigenvalue weighted by atomic mass is 16.4. The SMILES string of the molecule is CN(C(=O)[C@H](Cc1ccccc1)NC(=O)c1cc2nc[nH]c2cc1C(=O)NCC12CC3CC(CC(C3)C1)C2)c1cc(C(=O)O)cc(C(=O)O)c1. The Bertz CT molecular complexity index is 1940. The number of hydrogen-bond acceptors (Lipinski definition) is 6. The Morgan fingerprint density at radius 2 is 1.46 bits per heavy atom. The molecule has 4 fully saturated rings. The van der Waals surface area contributed by atoms with Crippen LogP contribution >= 0.6 is 0 Å². The van der Waals surface area contributed by atoms with E-state index in [9.17, 15) is 34.2 Å². The van der Waals surface area contributed by atoms with Crippen molar-refractivity contribution in [1.82, 2.24) is 20.6 Å². The molecule has 0 radical (unpaired) electrons. The molecular weight excluding hydrogens is 638 g/mol. The van der Waals surface area contributed by atoms with E-state index in [1.807, 2.05) is 6.07 Å². The van der Waals surface area contributed by atoms with Crippen molar-refractivity contribution >= 4 is 46.4 Å². The number of benzene rings is 3. The Hall–Kier alpha value is -5.52. The first kappa shape index (κ1) is 33.0. The fraction of sp³-hybridized carbons (Fsp3) is 0.368. The number of aromatic amines is 1. The number of aromatic carboxylic acids is 2. The molecule has 8 rings (SSSR count). The molecule has 0 saturated heterocycles. The van der Waals surface area contributed by atoms with Crippen LogP contribution in [0.3, 0.4) is 0 Å². The highest BCUT2D eigenvalue weighted by Crippen LogP contribution is 2.59. The minimum atomic E-state index is -1.35. The molecule has 12 heteroatoms. The first-order valence-electron chi connectivity index (χ1n) is 17.0. The summed E-state index contributed by atoms with van der Waals surface area (Å²) >= 11 is 0. The van der Waals surface area contributed by atoms with Crippen molar-refractivity contribution in [3.05, 3.63) is 94.8 Å². The molecule has 4 saturated carbocycles. The molecule has 12 nitrogen and oxygen atoms in total. The van der Waals surface area contributed by atoms with Crippen LogP contribution in [0.25, 0.3) is 11.0 Å². The molecule has 3 aromatic carbocycles. The van der Waals surface area contributed by atoms with Gasteiger partial charge < -0.3 is 30.7 Å². The highest BCUT2D eigenvalue weighted by molar-refractivity contribution is 6.11. The third-order valence-corrected chi connectivity index (χ3v) is 10.9. The summed E-state index contributed by atoms with van der Waals surface area (Å²) in [6.07, 6.45) is 8.77. The molecule has 1 heterocycles. The lowest BCUT2D eigenvalue weighted by molar-refractivity contribution is -0.120. The normalized spacial score (nSPS) is 22.5. The number of likely N-dealkylation sites (N-methyl/N-ethyl adjacent to an activating group) is 1. The van der Waals surface area contributed by atoms with Crippen molar-refractivity contribution < 1.29 is 34.2 Å². The topological polar surface area (TPSA) is 182 Å². The molecule has 4 aromatic rings. The Morgan fingerprint density at radius 3 is 2.06 bits per heavy atom. The molecule has 258 valence electrons. The number of hydrogen-bond donors (Lipinski definition) is 5. The van der Waals surface area contributed by atoms with Gasteiger partial charge in [-0.3, -0.25) is 14.4 Å². The summed E-state index contributed by atoms with van der Waals surface area (Å²) in [4.78, 5) is 74.1. The summed E-state index contributed by atoms with van der Waals surface area (Å²) < 4.78 is 0. The van der Waals surface area contributed by atoms with Gasteiger partial charge in [0.25, 0.3) is 11.8 Å². The number of carbonyl (C=O) groups excluding carboxylic acids is 3. The fourth-order valence-corrected chi connectivity index (χ4v) is 8.93. The molecule has 0 unspecified atom stereocenters. The van der Waals surface area contributed by atoms with Crippen molar-refractivity contribution in [2.45, 2.75) is 51.0 Å². The van der Waals surface area contributed by atoms with Gasteiger partial charge in [-0.1, -0.05) is 30.3 Å². The van der Waals surface area contributed by atoms with Gasteiger partial charge in [-0.2, -0.15) is 0 Å². The van der Waals surface area contributed by atoms with Crippen LogP contribution in [0.5, 0.6) is 0 Å². The second kappa shape index (κ2) is 13.1. The predicted octanol–water partition coefficient (Wildman–Crippen LogP) is 4.91. The van der Waals surface area contributed by atoms with E-state index in [1.54, 1.807) is 30.3 Å². The van der Waals surface area contributed by atoms with Gasteiger partial charge in [0.1, 0.15) is 6.04 Å². The second-order valence-corrected chi connectivity index (χ2v) is 14.4. The quantitative estimate of drug-likeness (QED) is 0.148. The molecule has 0 spiro atoms. The smallest absolute Gasteiger partial charge is 0.335 e. The lowest BCUT2D eigenvalue weighted by Crippen LogP contribution is -2.51. The largest absolute Gasteiger partial charge is 0.478 e. The first-order chi connectivity index (χ1) is 24.0. The minimum absolute atomic E-state index is 0.0299. The van der Waals surface area contributed by atoms with Crippen LogP contribution < -0.4 is 15.5 Å². The van der Waals surface area contributed by atoms with E-state index < -0.39 is 29.8 Å². The number of anilines is 1. The minimum Gasteiger partial charge on any atom is -0.478 e. The van der Waals surface area contributed by atoms with Gasteiger partial charge >= 0.3 is 11.9 Å². The number of carboxylic acid groups (broad SMARTS) is 2. The Kier molecular flexibility index (Phi) is 8.63. The van der Waals surface area contributed by atoms with Gasteiger partial charge in [0.15, 0.2) is 0 Å². The zero-order chi connectivity index (χ0) is 35.2. The summed E-state index contributed by atoms with van der Waals surface area (Å²) in [5, 5.41) is 25.2. The van der Waals surface area contributed by atoms with E-state index in [1.165, 1.54) is 50.8 Å². The lowest BCUT2D eigenvalue weighted by atomic mass is 9.49. The molecule has 4 aliphatic carbocycles. The average molecular weight is 678 g/mol. The number of carboxylic acids is 2. The van der Waals surface area contributed by atoms with Crippen LogP contribution in [0.2, 0.25) is 0 Å². The van der Waals surface area contributed by atoms with Gasteiger partial charge in [-0.15, -0.1) is 0 Å². The fourth-order valence-electron chi connectivity index (χ4n) is 8.93. The van der Waals surface area contributed by atoms with Gasteiger partial charge in [0.2, 0.25) is 5.91 Å². The summed E-state index contributed by atoms with van der Waals surface area (Å²) in [5.41, 5.74) is 1.52. The van der Waals surface area contributed by atoms with E-state index in [4.69, 9.17) is 0 Å². The van der Waals surface area contributed by atoms with Crippen molar-refractivity contribution in [3.63, 3.8) is 0 Å². The number of H-pyrrole nitrogens is 1. The van der Waals surface area contributed by atoms with Crippen LogP contribution in [0.15, 0.2) is 67.0 Å². The molecule has 1 aromatic heterocycles. The number of nitrogens with one attached hydrogen (secondary N) is 3. The third kappa shape index (κ3) is 6.57. The highest BCUT2D eigenvalue weighted by Gasteiger charge is 2.50. The Labute approximate surface area is 288 Å². The van der Waals surface area contributed by atoms with Crippen LogP contribution in [-0.2, 0) is 11.2 Å². The average Bonchev–Trinajstić information content (AvgIpc) is 3.56. The standard InChI is InChI=1S/C38H39N5O7/c1-43(27-12-25(36(47)48)11-26(13-27)37(49)50)35(46)32(10-21-5-3-2-4-6-21)42-34(45)29-15-31-30(40-20-41-31)14-28(29)33(44)39-19-38-16-22-7-23(17-38)9-24(8-22)18-38/h2-6,11-15,20,22-24,32H,7-10,16-19H2,1H3,(H,39,44)(H,40,41)(H,42,45)(H,47,48)(H,49,50)/t22?,23?,24?,32-,38?/m0/s1. The molecule has 5 N–H and O–H groups in total. The van der Waals surface area contributed by atoms with Gasteiger partial charge in [-0.25, -0.2) is 14.6 Å². The zero-order valence-electron chi connectivity index (χ0n) is 27.6. The van der Waals surface area contributed by atoms with Crippen molar-refractivity contribution in [2.75, 3.05) is 18.5 Å². The van der Waals surface area contributed by atoms with Crippen molar-refractivity contribution in [2.24, 2.45) is 23.2 Å². The predicted molar refractivity (Wildman–Crippen MR) is 184 cm³/mol. The van der Waals surface area contributed by atoms with E-state index in [0.29, 0.717) is 17.6 Å². The van der Waals surface area contributed by atoms with Crippen molar-refractivity contribution in [3.8, 4) is 0 Å². The van der Waals surface area contributed by atoms with Crippen LogP contribution in [-0.4, -0.2) is 69.5 Å². The molecule has 50 heavy (non-hydrogen) atoms. The number of rotatable bonds is 11. The number of nitrogens with zero attached hydrogens (tertiary/aromatic N) is 2. The maximum absolute atomic E-state index is 14.2. The number of carbonyl (C=O) groups is 5. The number of fused-ring (bicyclic) bond motifs is 1. The van der Waals surface area contributed by atoms with Crippen LogP contribution in [0.1, 0.15) is 85.5 Å². The van der Waals surface area contributed by atoms with Crippen LogP contribution in [0, 0.1) is 23.2 Å². The lowest BCUT2D eigenvalue weighted by Gasteiger charge is -2.56. The van der Waals surface area contributed by atoms with Gasteiger partial charge in [-0.05, 0) is 97.6 Å². The molecule has 0 aliphatic heterocycles. The molecular formula is C38H39N5O7. The van der Waals surface area contributed by atoms with Gasteiger partial charge in [0, 0.05) is 25.7 Å². The zero-order valence-corrected chi connectivity index (χ0v) is 27.6. The summed E-state index contributed by atoms with van der Waals surface area (Å²) in [6, 6.07) is 14.4. The Balaban J connectivity index is 1.17. The van der Waals surface area contributed by atoms with E-state index in [2.05, 4.69) is 20.6 Å². The van der Waals surface area contributed by atoms with E-state index >= 15 is 0 Å². The number of imidazole rings is 1. The monoisotopic (exact) mass is 677 g/mol. The second-order valence-electron chi connectivity index (χ2n) is 14.4. The van der Waals surface area contributed by atoms with Crippen LogP contribution in [0.4, 0.5) is 5.69 Å². The molecule has 4 bridgehead atoms.